The van der Waals surface area contributed by atoms with Crippen molar-refractivity contribution in [2.75, 3.05) is 5.32 Å². The second-order valence-electron chi connectivity index (χ2n) is 4.23. The quantitative estimate of drug-likeness (QED) is 0.741. The number of aryl methyl sites for hydroxylation is 1. The molecule has 0 aliphatic carbocycles. The highest BCUT2D eigenvalue weighted by atomic mass is 35.5. The van der Waals surface area contributed by atoms with Crippen LogP contribution in [-0.4, -0.2) is 11.1 Å². The smallest absolute Gasteiger partial charge is 0.337 e. The third kappa shape index (κ3) is 3.18. The van der Waals surface area contributed by atoms with Crippen LogP contribution in [-0.2, 0) is 0 Å². The molecule has 6 heteroatoms. The number of benzene rings is 2. The van der Waals surface area contributed by atoms with Crippen molar-refractivity contribution in [3.8, 4) is 0 Å². The largest absolute Gasteiger partial charge is 0.478 e. The van der Waals surface area contributed by atoms with Gasteiger partial charge in [0.05, 0.1) is 32.0 Å². The Morgan fingerprint density at radius 2 is 1.65 bits per heavy atom. The summed E-state index contributed by atoms with van der Waals surface area (Å²) in [5.41, 5.74) is 2.01. The molecule has 0 saturated carbocycles. The average Bonchev–Trinajstić information content (AvgIpc) is 2.35. The lowest BCUT2D eigenvalue weighted by Crippen LogP contribution is -2.03. The highest BCUT2D eigenvalue weighted by Gasteiger charge is 2.12. The molecular formula is C14H10Cl3NO2. The molecule has 2 aromatic rings. The molecule has 0 spiro atoms. The van der Waals surface area contributed by atoms with Gasteiger partial charge in [-0.1, -0.05) is 40.9 Å². The first kappa shape index (κ1) is 15.0. The van der Waals surface area contributed by atoms with Crippen LogP contribution in [0, 0.1) is 6.92 Å². The van der Waals surface area contributed by atoms with Gasteiger partial charge in [-0.3, -0.25) is 0 Å². The summed E-state index contributed by atoms with van der Waals surface area (Å²) in [6.07, 6.45) is 0. The van der Waals surface area contributed by atoms with Crippen molar-refractivity contribution in [2.24, 2.45) is 0 Å². The molecule has 3 nitrogen and oxygen atoms in total. The summed E-state index contributed by atoms with van der Waals surface area (Å²) in [7, 11) is 0. The van der Waals surface area contributed by atoms with Crippen molar-refractivity contribution in [1.29, 1.82) is 0 Å². The number of nitrogens with one attached hydrogen (secondary N) is 1. The van der Waals surface area contributed by atoms with Crippen LogP contribution in [0.3, 0.4) is 0 Å². The molecule has 2 rings (SSSR count). The summed E-state index contributed by atoms with van der Waals surface area (Å²) in [5, 5.41) is 13.2. The number of hydrogen-bond acceptors (Lipinski definition) is 2. The Hall–Kier alpha value is -1.42. The molecule has 0 amide bonds. The van der Waals surface area contributed by atoms with Gasteiger partial charge in [0, 0.05) is 0 Å². The zero-order chi connectivity index (χ0) is 14.9. The minimum absolute atomic E-state index is 0.151. The van der Waals surface area contributed by atoms with Crippen LogP contribution in [0.15, 0.2) is 30.3 Å². The second kappa shape index (κ2) is 5.92. The summed E-state index contributed by atoms with van der Waals surface area (Å²) in [6.45, 7) is 1.87. The second-order valence-corrected chi connectivity index (χ2v) is 5.45. The summed E-state index contributed by atoms with van der Waals surface area (Å²) >= 11 is 17.9. The van der Waals surface area contributed by atoms with Crippen LogP contribution >= 0.6 is 34.8 Å². The third-order valence-electron chi connectivity index (χ3n) is 2.68. The first-order valence-corrected chi connectivity index (χ1v) is 6.77. The average molecular weight is 331 g/mol. The van der Waals surface area contributed by atoms with Crippen LogP contribution in [0.1, 0.15) is 15.9 Å². The van der Waals surface area contributed by atoms with E-state index >= 15 is 0 Å². The number of hydrogen-bond donors (Lipinski definition) is 2. The first-order valence-electron chi connectivity index (χ1n) is 5.64. The number of rotatable bonds is 3. The fourth-order valence-corrected chi connectivity index (χ4v) is 2.31. The lowest BCUT2D eigenvalue weighted by molar-refractivity contribution is 0.0698. The Morgan fingerprint density at radius 1 is 1.00 bits per heavy atom. The number of anilines is 2. The molecule has 0 atom stereocenters. The summed E-state index contributed by atoms with van der Waals surface area (Å²) in [6, 6.07) is 8.04. The molecule has 0 bridgehead atoms. The normalized spacial score (nSPS) is 10.4. The SMILES string of the molecule is Cc1ccc(C(=O)O)c(Nc2cc(Cl)c(Cl)cc2Cl)c1. The van der Waals surface area contributed by atoms with Crippen LogP contribution < -0.4 is 5.32 Å². The number of carboxylic acids is 1. The first-order chi connectivity index (χ1) is 9.38. The van der Waals surface area contributed by atoms with Crippen LogP contribution in [0.2, 0.25) is 15.1 Å². The van der Waals surface area contributed by atoms with E-state index in [4.69, 9.17) is 34.8 Å². The Bertz CT molecular complexity index is 686. The number of carbonyl (C=O) groups is 1. The van der Waals surface area contributed by atoms with E-state index in [2.05, 4.69) is 5.32 Å². The van der Waals surface area contributed by atoms with Gasteiger partial charge in [0.1, 0.15) is 0 Å². The monoisotopic (exact) mass is 329 g/mol. The van der Waals surface area contributed by atoms with Gasteiger partial charge in [-0.15, -0.1) is 0 Å². The highest BCUT2D eigenvalue weighted by Crippen LogP contribution is 2.34. The van der Waals surface area contributed by atoms with E-state index in [1.165, 1.54) is 12.1 Å². The topological polar surface area (TPSA) is 49.3 Å². The lowest BCUT2D eigenvalue weighted by atomic mass is 10.1. The predicted molar refractivity (Wildman–Crippen MR) is 82.9 cm³/mol. The maximum atomic E-state index is 11.2. The van der Waals surface area contributed by atoms with Crippen LogP contribution in [0.25, 0.3) is 0 Å². The predicted octanol–water partition coefficient (Wildman–Crippen LogP) is 5.40. The number of aromatic carboxylic acids is 1. The van der Waals surface area contributed by atoms with E-state index in [9.17, 15) is 9.90 Å². The summed E-state index contributed by atoms with van der Waals surface area (Å²) < 4.78 is 0. The molecule has 104 valence electrons. The van der Waals surface area contributed by atoms with Gasteiger partial charge >= 0.3 is 5.97 Å². The molecule has 20 heavy (non-hydrogen) atoms. The molecule has 2 N–H and O–H groups in total. The van der Waals surface area contributed by atoms with Gasteiger partial charge in [-0.2, -0.15) is 0 Å². The van der Waals surface area contributed by atoms with E-state index in [1.54, 1.807) is 18.2 Å². The molecule has 0 aliphatic heterocycles. The standard InChI is InChI=1S/C14H10Cl3NO2/c1-7-2-3-8(14(19)20)12(4-7)18-13-6-10(16)9(15)5-11(13)17/h2-6,18H,1H3,(H,19,20). The summed E-state index contributed by atoms with van der Waals surface area (Å²) in [4.78, 5) is 11.2. The zero-order valence-electron chi connectivity index (χ0n) is 10.4. The molecule has 0 unspecified atom stereocenters. The fourth-order valence-electron chi connectivity index (χ4n) is 1.71. The third-order valence-corrected chi connectivity index (χ3v) is 3.72. The molecule has 0 aliphatic rings. The van der Waals surface area contributed by atoms with Gasteiger partial charge in [-0.05, 0) is 36.8 Å². The zero-order valence-corrected chi connectivity index (χ0v) is 12.6. The molecule has 0 radical (unpaired) electrons. The Labute approximate surface area is 131 Å². The lowest BCUT2D eigenvalue weighted by Gasteiger charge is -2.13. The van der Waals surface area contributed by atoms with Crippen molar-refractivity contribution in [3.63, 3.8) is 0 Å². The minimum Gasteiger partial charge on any atom is -0.478 e. The van der Waals surface area contributed by atoms with E-state index in [1.807, 2.05) is 6.92 Å². The Morgan fingerprint density at radius 3 is 2.30 bits per heavy atom. The van der Waals surface area contributed by atoms with Crippen molar-refractivity contribution in [1.82, 2.24) is 0 Å². The highest BCUT2D eigenvalue weighted by molar-refractivity contribution is 6.44. The van der Waals surface area contributed by atoms with Gasteiger partial charge < -0.3 is 10.4 Å². The fraction of sp³-hybridized carbons (Fsp3) is 0.0714. The molecule has 0 heterocycles. The maximum Gasteiger partial charge on any atom is 0.337 e. The molecular weight excluding hydrogens is 321 g/mol. The van der Waals surface area contributed by atoms with Gasteiger partial charge in [0.15, 0.2) is 0 Å². The van der Waals surface area contributed by atoms with Gasteiger partial charge in [0.2, 0.25) is 0 Å². The van der Waals surface area contributed by atoms with Crippen molar-refractivity contribution in [3.05, 3.63) is 56.5 Å². The molecule has 0 fully saturated rings. The summed E-state index contributed by atoms with van der Waals surface area (Å²) in [5.74, 6) is -1.02. The van der Waals surface area contributed by atoms with E-state index in [0.29, 0.717) is 26.4 Å². The van der Waals surface area contributed by atoms with Crippen molar-refractivity contribution >= 4 is 52.1 Å². The van der Waals surface area contributed by atoms with E-state index in [0.717, 1.165) is 5.56 Å². The van der Waals surface area contributed by atoms with E-state index < -0.39 is 5.97 Å². The Balaban J connectivity index is 2.47. The Kier molecular flexibility index (Phi) is 4.43. The number of carboxylic acid groups (broad SMARTS) is 1. The van der Waals surface area contributed by atoms with Gasteiger partial charge in [-0.25, -0.2) is 4.79 Å². The molecule has 2 aromatic carbocycles. The number of halogens is 3. The van der Waals surface area contributed by atoms with Crippen molar-refractivity contribution < 1.29 is 9.90 Å². The van der Waals surface area contributed by atoms with Crippen LogP contribution in [0.5, 0.6) is 0 Å². The van der Waals surface area contributed by atoms with Gasteiger partial charge in [0.25, 0.3) is 0 Å². The molecule has 0 saturated heterocycles. The minimum atomic E-state index is -1.02. The molecule has 0 aromatic heterocycles. The maximum absolute atomic E-state index is 11.2. The van der Waals surface area contributed by atoms with Crippen molar-refractivity contribution in [2.45, 2.75) is 6.92 Å². The van der Waals surface area contributed by atoms with E-state index in [-0.39, 0.29) is 5.56 Å². The van der Waals surface area contributed by atoms with Crippen LogP contribution in [0.4, 0.5) is 11.4 Å².